The number of rotatable bonds is 1. The van der Waals surface area contributed by atoms with Gasteiger partial charge in [0.1, 0.15) is 16.7 Å². The summed E-state index contributed by atoms with van der Waals surface area (Å²) in [6, 6.07) is 12.1. The van der Waals surface area contributed by atoms with E-state index in [1.165, 1.54) is 0 Å². The molecule has 1 fully saturated rings. The lowest BCUT2D eigenvalue weighted by Crippen LogP contribution is -2.41. The molecule has 0 spiro atoms. The van der Waals surface area contributed by atoms with Crippen molar-refractivity contribution in [3.8, 4) is 0 Å². The van der Waals surface area contributed by atoms with E-state index in [9.17, 15) is 0 Å². The van der Waals surface area contributed by atoms with E-state index in [1.54, 1.807) is 6.26 Å². The molecule has 126 valence electrons. The fraction of sp³-hybridized carbons (Fsp3) is 0.300. The highest BCUT2D eigenvalue weighted by molar-refractivity contribution is 6.65. The van der Waals surface area contributed by atoms with Gasteiger partial charge in [-0.15, -0.1) is 0 Å². The van der Waals surface area contributed by atoms with Crippen molar-refractivity contribution in [2.75, 3.05) is 0 Å². The average Bonchev–Trinajstić information content (AvgIpc) is 3.17. The second kappa shape index (κ2) is 4.68. The van der Waals surface area contributed by atoms with Crippen molar-refractivity contribution in [2.45, 2.75) is 38.9 Å². The van der Waals surface area contributed by atoms with Gasteiger partial charge >= 0.3 is 7.12 Å². The summed E-state index contributed by atoms with van der Waals surface area (Å²) in [5, 5.41) is 3.17. The summed E-state index contributed by atoms with van der Waals surface area (Å²) in [4.78, 5) is 0. The van der Waals surface area contributed by atoms with Gasteiger partial charge < -0.3 is 18.1 Å². The van der Waals surface area contributed by atoms with Crippen LogP contribution in [0.3, 0.4) is 0 Å². The molecule has 0 N–H and O–H groups in total. The molecule has 4 aromatic rings. The molecule has 1 saturated heterocycles. The molecule has 5 heteroatoms. The minimum absolute atomic E-state index is 0.381. The van der Waals surface area contributed by atoms with E-state index >= 15 is 0 Å². The molecule has 0 aliphatic carbocycles. The second-order valence-electron chi connectivity index (χ2n) is 7.72. The molecule has 1 aliphatic heterocycles. The van der Waals surface area contributed by atoms with E-state index < -0.39 is 7.12 Å². The van der Waals surface area contributed by atoms with Crippen LogP contribution in [-0.2, 0) is 9.31 Å². The summed E-state index contributed by atoms with van der Waals surface area (Å²) in [6.07, 6.45) is 1.73. The van der Waals surface area contributed by atoms with Crippen molar-refractivity contribution in [2.24, 2.45) is 0 Å². The summed E-state index contributed by atoms with van der Waals surface area (Å²) < 4.78 is 24.1. The third-order valence-electron chi connectivity index (χ3n) is 5.61. The first-order chi connectivity index (χ1) is 11.9. The zero-order valence-corrected chi connectivity index (χ0v) is 14.8. The molecule has 4 nitrogen and oxygen atoms in total. The van der Waals surface area contributed by atoms with E-state index in [2.05, 4.69) is 39.8 Å². The molecular formula is C20H19BO4. The van der Waals surface area contributed by atoms with Gasteiger partial charge in [0.25, 0.3) is 0 Å². The zero-order chi connectivity index (χ0) is 17.4. The maximum Gasteiger partial charge on any atom is 0.498 e. The summed E-state index contributed by atoms with van der Waals surface area (Å²) in [7, 11) is -0.443. The van der Waals surface area contributed by atoms with E-state index in [-0.39, 0.29) is 11.2 Å². The minimum Gasteiger partial charge on any atom is -0.465 e. The van der Waals surface area contributed by atoms with Crippen LogP contribution < -0.4 is 5.46 Å². The average molecular weight is 334 g/mol. The number of furan rings is 2. The Hall–Kier alpha value is -2.24. The molecule has 25 heavy (non-hydrogen) atoms. The van der Waals surface area contributed by atoms with Crippen LogP contribution in [0.25, 0.3) is 32.9 Å². The Labute approximate surface area is 145 Å². The second-order valence-corrected chi connectivity index (χ2v) is 7.72. The van der Waals surface area contributed by atoms with Crippen LogP contribution in [0.15, 0.2) is 51.5 Å². The first-order valence-electron chi connectivity index (χ1n) is 8.54. The molecule has 0 radical (unpaired) electrons. The first-order valence-corrected chi connectivity index (χ1v) is 8.54. The molecule has 1 aliphatic rings. The number of benzene rings is 2. The molecule has 5 rings (SSSR count). The van der Waals surface area contributed by atoms with Crippen molar-refractivity contribution in [3.05, 3.63) is 42.7 Å². The van der Waals surface area contributed by atoms with Gasteiger partial charge in [0, 0.05) is 27.7 Å². The van der Waals surface area contributed by atoms with E-state index in [0.29, 0.717) is 0 Å². The maximum absolute atomic E-state index is 6.19. The van der Waals surface area contributed by atoms with Crippen LogP contribution in [0.1, 0.15) is 27.7 Å². The SMILES string of the molecule is CC1(C)OB(c2coc3cc4oc5ccccc5c4cc23)OC1(C)C. The lowest BCUT2D eigenvalue weighted by Gasteiger charge is -2.32. The minimum atomic E-state index is -0.443. The van der Waals surface area contributed by atoms with Crippen molar-refractivity contribution in [1.29, 1.82) is 0 Å². The summed E-state index contributed by atoms with van der Waals surface area (Å²) in [5.41, 5.74) is 2.63. The van der Waals surface area contributed by atoms with Crippen LogP contribution in [-0.4, -0.2) is 18.3 Å². The predicted molar refractivity (Wildman–Crippen MR) is 99.2 cm³/mol. The quantitative estimate of drug-likeness (QED) is 0.476. The maximum atomic E-state index is 6.19. The van der Waals surface area contributed by atoms with Gasteiger partial charge in [-0.25, -0.2) is 0 Å². The van der Waals surface area contributed by atoms with Crippen molar-refractivity contribution < 1.29 is 18.1 Å². The van der Waals surface area contributed by atoms with Crippen molar-refractivity contribution >= 4 is 45.5 Å². The van der Waals surface area contributed by atoms with Gasteiger partial charge in [0.05, 0.1) is 17.5 Å². The smallest absolute Gasteiger partial charge is 0.465 e. The summed E-state index contributed by atoms with van der Waals surface area (Å²) in [5.74, 6) is 0. The Bertz CT molecular complexity index is 1100. The largest absolute Gasteiger partial charge is 0.498 e. The fourth-order valence-electron chi connectivity index (χ4n) is 3.42. The van der Waals surface area contributed by atoms with Crippen molar-refractivity contribution in [1.82, 2.24) is 0 Å². The normalized spacial score (nSPS) is 19.4. The molecule has 0 saturated carbocycles. The number of para-hydroxylation sites is 1. The highest BCUT2D eigenvalue weighted by Gasteiger charge is 2.52. The summed E-state index contributed by atoms with van der Waals surface area (Å²) in [6.45, 7) is 8.21. The van der Waals surface area contributed by atoms with E-state index in [1.807, 2.05) is 24.3 Å². The third kappa shape index (κ3) is 2.03. The lowest BCUT2D eigenvalue weighted by molar-refractivity contribution is 0.00578. The number of hydrogen-bond acceptors (Lipinski definition) is 4. The zero-order valence-electron chi connectivity index (χ0n) is 14.8. The Kier molecular flexibility index (Phi) is 2.82. The van der Waals surface area contributed by atoms with E-state index in [4.69, 9.17) is 18.1 Å². The third-order valence-corrected chi connectivity index (χ3v) is 5.61. The Morgan fingerprint density at radius 1 is 0.760 bits per heavy atom. The number of hydrogen-bond donors (Lipinski definition) is 0. The Morgan fingerprint density at radius 2 is 1.48 bits per heavy atom. The van der Waals surface area contributed by atoms with Crippen LogP contribution in [0, 0.1) is 0 Å². The topological polar surface area (TPSA) is 44.7 Å². The Morgan fingerprint density at radius 3 is 2.24 bits per heavy atom. The lowest BCUT2D eigenvalue weighted by atomic mass is 9.79. The molecule has 2 aromatic carbocycles. The van der Waals surface area contributed by atoms with Gasteiger partial charge in [-0.3, -0.25) is 0 Å². The number of fused-ring (bicyclic) bond motifs is 4. The van der Waals surface area contributed by atoms with Gasteiger partial charge in [-0.1, -0.05) is 18.2 Å². The predicted octanol–water partition coefficient (Wildman–Crippen LogP) is 4.63. The van der Waals surface area contributed by atoms with Crippen LogP contribution in [0.4, 0.5) is 0 Å². The molecular weight excluding hydrogens is 315 g/mol. The molecule has 0 unspecified atom stereocenters. The Balaban J connectivity index is 1.71. The van der Waals surface area contributed by atoms with Crippen LogP contribution >= 0.6 is 0 Å². The highest BCUT2D eigenvalue weighted by Crippen LogP contribution is 2.38. The summed E-state index contributed by atoms with van der Waals surface area (Å²) >= 11 is 0. The molecule has 0 atom stereocenters. The molecule has 2 aromatic heterocycles. The first kappa shape index (κ1) is 15.1. The van der Waals surface area contributed by atoms with Gasteiger partial charge in [-0.05, 0) is 39.8 Å². The highest BCUT2D eigenvalue weighted by atomic mass is 16.7. The van der Waals surface area contributed by atoms with Crippen LogP contribution in [0.2, 0.25) is 0 Å². The fourth-order valence-corrected chi connectivity index (χ4v) is 3.42. The molecule has 0 bridgehead atoms. The van der Waals surface area contributed by atoms with Gasteiger partial charge in [-0.2, -0.15) is 0 Å². The molecule has 3 heterocycles. The van der Waals surface area contributed by atoms with Gasteiger partial charge in [0.2, 0.25) is 0 Å². The standard InChI is InChI=1S/C20H19BO4/c1-19(2)20(3,4)25-21(24-19)15-11-22-17-10-18-13(9-14(15)17)12-7-5-6-8-16(12)23-18/h5-11H,1-4H3. The van der Waals surface area contributed by atoms with Crippen molar-refractivity contribution in [3.63, 3.8) is 0 Å². The van der Waals surface area contributed by atoms with Crippen LogP contribution in [0.5, 0.6) is 0 Å². The molecule has 0 amide bonds. The monoisotopic (exact) mass is 334 g/mol. The van der Waals surface area contributed by atoms with E-state index in [0.717, 1.165) is 38.4 Å². The van der Waals surface area contributed by atoms with Gasteiger partial charge in [0.15, 0.2) is 0 Å².